The van der Waals surface area contributed by atoms with E-state index < -0.39 is 0 Å². The fraction of sp³-hybridized carbons (Fsp3) is 0.381. The number of benzene rings is 2. The topological polar surface area (TPSA) is 38.8 Å². The molecular weight excluding hydrogens is 333 g/mol. The number of likely N-dealkylation sites (tertiary alicyclic amines) is 1. The molecular formula is C21H22FNO3. The maximum Gasteiger partial charge on any atom is 0.164 e. The molecule has 0 spiro atoms. The van der Waals surface area contributed by atoms with Gasteiger partial charge in [0.05, 0.1) is 0 Å². The summed E-state index contributed by atoms with van der Waals surface area (Å²) in [5, 5.41) is 0. The average molecular weight is 355 g/mol. The highest BCUT2D eigenvalue weighted by Crippen LogP contribution is 2.31. The van der Waals surface area contributed by atoms with Gasteiger partial charge in [0.2, 0.25) is 0 Å². The Bertz CT molecular complexity index is 808. The summed E-state index contributed by atoms with van der Waals surface area (Å²) < 4.78 is 24.4. The van der Waals surface area contributed by atoms with Gasteiger partial charge in [0, 0.05) is 25.1 Å². The molecule has 0 bridgehead atoms. The summed E-state index contributed by atoms with van der Waals surface area (Å²) in [6.07, 6.45) is 1.47. The lowest BCUT2D eigenvalue weighted by molar-refractivity contribution is 0.0967. The molecule has 2 aliphatic heterocycles. The third-order valence-electron chi connectivity index (χ3n) is 5.11. The van der Waals surface area contributed by atoms with Crippen molar-refractivity contribution < 1.29 is 18.7 Å². The lowest BCUT2D eigenvalue weighted by Gasteiger charge is -2.19. The Morgan fingerprint density at radius 3 is 2.81 bits per heavy atom. The van der Waals surface area contributed by atoms with Gasteiger partial charge in [-0.3, -0.25) is 4.79 Å². The summed E-state index contributed by atoms with van der Waals surface area (Å²) in [4.78, 5) is 14.8. The Morgan fingerprint density at radius 1 is 1.12 bits per heavy atom. The van der Waals surface area contributed by atoms with E-state index in [1.807, 2.05) is 6.07 Å². The lowest BCUT2D eigenvalue weighted by atomic mass is 9.98. The summed E-state index contributed by atoms with van der Waals surface area (Å²) in [5.74, 6) is 1.61. The Hall–Kier alpha value is -2.40. The van der Waals surface area contributed by atoms with Gasteiger partial charge in [-0.2, -0.15) is 0 Å². The fourth-order valence-corrected chi connectivity index (χ4v) is 3.69. The summed E-state index contributed by atoms with van der Waals surface area (Å²) in [6.45, 7) is 3.59. The molecule has 26 heavy (non-hydrogen) atoms. The van der Waals surface area contributed by atoms with Crippen molar-refractivity contribution in [3.05, 3.63) is 59.4 Å². The number of ketones is 1. The molecule has 1 fully saturated rings. The quantitative estimate of drug-likeness (QED) is 0.768. The molecule has 0 amide bonds. The molecule has 1 saturated heterocycles. The highest BCUT2D eigenvalue weighted by Gasteiger charge is 2.24. The average Bonchev–Trinajstić information content (AvgIpc) is 3.15. The number of nitrogens with zero attached hydrogens (tertiary/aromatic N) is 1. The maximum atomic E-state index is 13.4. The second-order valence-corrected chi connectivity index (χ2v) is 6.87. The van der Waals surface area contributed by atoms with Crippen LogP contribution in [0.1, 0.15) is 34.7 Å². The van der Waals surface area contributed by atoms with Crippen molar-refractivity contribution in [3.8, 4) is 11.5 Å². The number of hydrogen-bond donors (Lipinski definition) is 0. The normalized spacial score (nSPS) is 19.5. The molecule has 0 radical (unpaired) electrons. The van der Waals surface area contributed by atoms with Crippen LogP contribution in [0.25, 0.3) is 0 Å². The van der Waals surface area contributed by atoms with Gasteiger partial charge in [0.25, 0.3) is 0 Å². The minimum atomic E-state index is -0.185. The zero-order chi connectivity index (χ0) is 17.9. The van der Waals surface area contributed by atoms with Crippen LogP contribution in [0.2, 0.25) is 0 Å². The number of rotatable bonds is 5. The molecule has 4 nitrogen and oxygen atoms in total. The van der Waals surface area contributed by atoms with Crippen molar-refractivity contribution in [1.82, 2.24) is 4.90 Å². The molecule has 1 unspecified atom stereocenters. The Morgan fingerprint density at radius 2 is 1.96 bits per heavy atom. The van der Waals surface area contributed by atoms with Crippen molar-refractivity contribution in [2.75, 3.05) is 32.8 Å². The van der Waals surface area contributed by atoms with Crippen LogP contribution in [0.3, 0.4) is 0 Å². The highest BCUT2D eigenvalue weighted by molar-refractivity contribution is 5.96. The molecule has 2 heterocycles. The smallest absolute Gasteiger partial charge is 0.164 e. The molecule has 5 heteroatoms. The third kappa shape index (κ3) is 3.73. The molecule has 2 aliphatic rings. The molecule has 2 aromatic carbocycles. The van der Waals surface area contributed by atoms with Crippen molar-refractivity contribution in [1.29, 1.82) is 0 Å². The largest absolute Gasteiger partial charge is 0.486 e. The van der Waals surface area contributed by atoms with Crippen LogP contribution < -0.4 is 9.47 Å². The van der Waals surface area contributed by atoms with Crippen molar-refractivity contribution in [2.45, 2.75) is 18.8 Å². The number of ether oxygens (including phenoxy) is 2. The Kier molecular flexibility index (Phi) is 4.89. The van der Waals surface area contributed by atoms with E-state index in [-0.39, 0.29) is 11.6 Å². The predicted molar refractivity (Wildman–Crippen MR) is 96.6 cm³/mol. The standard InChI is InChI=1S/C21H22FNO3/c22-18-3-1-2-15(12-18)17-6-8-23(14-17)9-7-19(24)16-4-5-20-21(13-16)26-11-10-25-20/h1-5,12-13,17H,6-11,14H2. The van der Waals surface area contributed by atoms with Gasteiger partial charge in [0.1, 0.15) is 19.0 Å². The first kappa shape index (κ1) is 17.0. The first-order valence-electron chi connectivity index (χ1n) is 9.10. The first-order chi connectivity index (χ1) is 12.7. The van der Waals surface area contributed by atoms with E-state index in [1.54, 1.807) is 30.3 Å². The SMILES string of the molecule is O=C(CCN1CCC(c2cccc(F)c2)C1)c1ccc2c(c1)OCCO2. The van der Waals surface area contributed by atoms with E-state index >= 15 is 0 Å². The molecule has 0 N–H and O–H groups in total. The number of Topliss-reactive ketones (excluding diaryl/α,β-unsaturated/α-hetero) is 1. The van der Waals surface area contributed by atoms with Gasteiger partial charge in [-0.15, -0.1) is 0 Å². The summed E-state index contributed by atoms with van der Waals surface area (Å²) in [5.41, 5.74) is 1.71. The number of halogens is 1. The van der Waals surface area contributed by atoms with E-state index in [4.69, 9.17) is 9.47 Å². The second-order valence-electron chi connectivity index (χ2n) is 6.87. The van der Waals surface area contributed by atoms with Gasteiger partial charge >= 0.3 is 0 Å². The van der Waals surface area contributed by atoms with Crippen LogP contribution in [0.15, 0.2) is 42.5 Å². The summed E-state index contributed by atoms with van der Waals surface area (Å²) in [6, 6.07) is 12.2. The van der Waals surface area contributed by atoms with E-state index in [0.29, 0.717) is 42.6 Å². The number of fused-ring (bicyclic) bond motifs is 1. The monoisotopic (exact) mass is 355 g/mol. The zero-order valence-electron chi connectivity index (χ0n) is 14.6. The number of carbonyl (C=O) groups is 1. The van der Waals surface area contributed by atoms with Crippen molar-refractivity contribution in [2.24, 2.45) is 0 Å². The second kappa shape index (κ2) is 7.46. The summed E-state index contributed by atoms with van der Waals surface area (Å²) in [7, 11) is 0. The van der Waals surface area contributed by atoms with E-state index in [1.165, 1.54) is 6.07 Å². The number of hydrogen-bond acceptors (Lipinski definition) is 4. The molecule has 1 atom stereocenters. The van der Waals surface area contributed by atoms with Gasteiger partial charge in [-0.1, -0.05) is 12.1 Å². The van der Waals surface area contributed by atoms with Crippen LogP contribution >= 0.6 is 0 Å². The molecule has 2 aromatic rings. The van der Waals surface area contributed by atoms with Crippen LogP contribution in [0.5, 0.6) is 11.5 Å². The van der Waals surface area contributed by atoms with Crippen LogP contribution in [-0.2, 0) is 0 Å². The van der Waals surface area contributed by atoms with Crippen LogP contribution in [0, 0.1) is 5.82 Å². The minimum absolute atomic E-state index is 0.108. The lowest BCUT2D eigenvalue weighted by Crippen LogP contribution is -2.24. The molecule has 136 valence electrons. The van der Waals surface area contributed by atoms with Crippen molar-refractivity contribution in [3.63, 3.8) is 0 Å². The highest BCUT2D eigenvalue weighted by atomic mass is 19.1. The first-order valence-corrected chi connectivity index (χ1v) is 9.10. The Labute approximate surface area is 152 Å². The van der Waals surface area contributed by atoms with Crippen molar-refractivity contribution >= 4 is 5.78 Å². The third-order valence-corrected chi connectivity index (χ3v) is 5.11. The predicted octanol–water partition coefficient (Wildman–Crippen LogP) is 3.66. The van der Waals surface area contributed by atoms with E-state index in [2.05, 4.69) is 4.90 Å². The summed E-state index contributed by atoms with van der Waals surface area (Å²) >= 11 is 0. The fourth-order valence-electron chi connectivity index (χ4n) is 3.69. The molecule has 0 aliphatic carbocycles. The van der Waals surface area contributed by atoms with E-state index in [0.717, 1.165) is 31.6 Å². The number of carbonyl (C=O) groups excluding carboxylic acids is 1. The molecule has 0 aromatic heterocycles. The van der Waals surface area contributed by atoms with Gasteiger partial charge in [-0.05, 0) is 54.8 Å². The van der Waals surface area contributed by atoms with Crippen LogP contribution in [-0.4, -0.2) is 43.5 Å². The van der Waals surface area contributed by atoms with Gasteiger partial charge in [-0.25, -0.2) is 4.39 Å². The Balaban J connectivity index is 1.32. The minimum Gasteiger partial charge on any atom is -0.486 e. The maximum absolute atomic E-state index is 13.4. The van der Waals surface area contributed by atoms with Gasteiger partial charge < -0.3 is 14.4 Å². The molecule has 0 saturated carbocycles. The zero-order valence-corrected chi connectivity index (χ0v) is 14.6. The van der Waals surface area contributed by atoms with Gasteiger partial charge in [0.15, 0.2) is 17.3 Å². The van der Waals surface area contributed by atoms with Crippen LogP contribution in [0.4, 0.5) is 4.39 Å². The van der Waals surface area contributed by atoms with E-state index in [9.17, 15) is 9.18 Å². The molecule has 4 rings (SSSR count).